The van der Waals surface area contributed by atoms with E-state index in [1.807, 2.05) is 4.90 Å². The third kappa shape index (κ3) is 3.82. The highest BCUT2D eigenvalue weighted by Gasteiger charge is 2.26. The van der Waals surface area contributed by atoms with Crippen molar-refractivity contribution in [1.82, 2.24) is 4.90 Å². The van der Waals surface area contributed by atoms with Crippen molar-refractivity contribution in [3.05, 3.63) is 27.7 Å². The number of nitrogens with zero attached hydrogens (tertiary/aromatic N) is 1. The fourth-order valence-electron chi connectivity index (χ4n) is 2.66. The number of rotatable bonds is 4. The van der Waals surface area contributed by atoms with Gasteiger partial charge >= 0.3 is 0 Å². The molecular formula is C15H19Cl2NO3. The maximum absolute atomic E-state index is 12.7. The first-order chi connectivity index (χ1) is 10.1. The zero-order valence-corrected chi connectivity index (χ0v) is 13.7. The number of carbonyl (C=O) groups excluding carboxylic acids is 1. The molecule has 0 spiro atoms. The van der Waals surface area contributed by atoms with Gasteiger partial charge in [-0.05, 0) is 24.8 Å². The molecule has 0 radical (unpaired) electrons. The molecule has 0 unspecified atom stereocenters. The van der Waals surface area contributed by atoms with Crippen molar-refractivity contribution in [1.29, 1.82) is 0 Å². The molecule has 6 heteroatoms. The SMILES string of the molecule is COC[C@@H]1CCCN(C(=O)c2cc(Cl)c(Cl)cc2OC)C1. The van der Waals surface area contributed by atoms with E-state index in [2.05, 4.69) is 0 Å². The summed E-state index contributed by atoms with van der Waals surface area (Å²) in [6.07, 6.45) is 2.06. The summed E-state index contributed by atoms with van der Waals surface area (Å²) in [5.74, 6) is 0.746. The number of hydrogen-bond donors (Lipinski definition) is 0. The van der Waals surface area contributed by atoms with Crippen LogP contribution in [-0.2, 0) is 4.74 Å². The Labute approximate surface area is 134 Å². The topological polar surface area (TPSA) is 38.8 Å². The van der Waals surface area contributed by atoms with Crippen LogP contribution >= 0.6 is 23.2 Å². The molecule has 4 nitrogen and oxygen atoms in total. The van der Waals surface area contributed by atoms with Gasteiger partial charge in [0, 0.05) is 26.3 Å². The molecule has 1 atom stereocenters. The van der Waals surface area contributed by atoms with Gasteiger partial charge in [0.15, 0.2) is 0 Å². The summed E-state index contributed by atoms with van der Waals surface area (Å²) < 4.78 is 10.4. The van der Waals surface area contributed by atoms with Crippen LogP contribution in [0.4, 0.5) is 0 Å². The van der Waals surface area contributed by atoms with Crippen molar-refractivity contribution in [2.45, 2.75) is 12.8 Å². The summed E-state index contributed by atoms with van der Waals surface area (Å²) in [5, 5.41) is 0.729. The number of halogens is 2. The minimum atomic E-state index is -0.0776. The number of carbonyl (C=O) groups is 1. The summed E-state index contributed by atoms with van der Waals surface area (Å²) in [5.41, 5.74) is 0.449. The van der Waals surface area contributed by atoms with E-state index in [9.17, 15) is 4.79 Å². The molecule has 0 saturated carbocycles. The highest BCUT2D eigenvalue weighted by Crippen LogP contribution is 2.32. The maximum atomic E-state index is 12.7. The lowest BCUT2D eigenvalue weighted by molar-refractivity contribution is 0.0568. The molecular weight excluding hydrogens is 313 g/mol. The maximum Gasteiger partial charge on any atom is 0.257 e. The summed E-state index contributed by atoms with van der Waals surface area (Å²) in [7, 11) is 3.20. The third-order valence-electron chi connectivity index (χ3n) is 3.68. The number of ether oxygens (including phenoxy) is 2. The highest BCUT2D eigenvalue weighted by atomic mass is 35.5. The van der Waals surface area contributed by atoms with Gasteiger partial charge in [-0.1, -0.05) is 23.2 Å². The van der Waals surface area contributed by atoms with Crippen molar-refractivity contribution < 1.29 is 14.3 Å². The molecule has 1 aromatic rings. The van der Waals surface area contributed by atoms with E-state index in [-0.39, 0.29) is 5.91 Å². The number of methoxy groups -OCH3 is 2. The van der Waals surface area contributed by atoms with E-state index in [1.165, 1.54) is 7.11 Å². The van der Waals surface area contributed by atoms with Gasteiger partial charge in [0.25, 0.3) is 5.91 Å². The van der Waals surface area contributed by atoms with E-state index < -0.39 is 0 Å². The first-order valence-electron chi connectivity index (χ1n) is 6.88. The molecule has 2 rings (SSSR count). The van der Waals surface area contributed by atoms with Crippen molar-refractivity contribution in [3.8, 4) is 5.75 Å². The monoisotopic (exact) mass is 331 g/mol. The molecule has 0 N–H and O–H groups in total. The van der Waals surface area contributed by atoms with Crippen molar-refractivity contribution in [3.63, 3.8) is 0 Å². The fourth-order valence-corrected chi connectivity index (χ4v) is 2.97. The zero-order valence-electron chi connectivity index (χ0n) is 12.2. The molecule has 1 aliphatic heterocycles. The lowest BCUT2D eigenvalue weighted by atomic mass is 9.98. The predicted octanol–water partition coefficient (Wildman–Crippen LogP) is 3.50. The molecule has 0 bridgehead atoms. The molecule has 1 aliphatic rings. The Balaban J connectivity index is 2.21. The summed E-state index contributed by atoms with van der Waals surface area (Å²) in [4.78, 5) is 14.5. The van der Waals surface area contributed by atoms with Crippen molar-refractivity contribution >= 4 is 29.1 Å². The van der Waals surface area contributed by atoms with Gasteiger partial charge in [-0.3, -0.25) is 4.79 Å². The number of amides is 1. The molecule has 1 heterocycles. The Bertz CT molecular complexity index is 520. The van der Waals surface area contributed by atoms with Gasteiger partial charge in [-0.2, -0.15) is 0 Å². The first-order valence-corrected chi connectivity index (χ1v) is 7.63. The van der Waals surface area contributed by atoms with Gasteiger partial charge in [0.05, 0.1) is 29.3 Å². The van der Waals surface area contributed by atoms with Gasteiger partial charge in [-0.15, -0.1) is 0 Å². The Hall–Kier alpha value is -0.970. The molecule has 0 aliphatic carbocycles. The largest absolute Gasteiger partial charge is 0.496 e. The molecule has 116 valence electrons. The normalized spacial score (nSPS) is 18.7. The molecule has 21 heavy (non-hydrogen) atoms. The number of piperidine rings is 1. The number of benzene rings is 1. The summed E-state index contributed by atoms with van der Waals surface area (Å²) in [6.45, 7) is 2.10. The molecule has 1 fully saturated rings. The minimum Gasteiger partial charge on any atom is -0.496 e. The highest BCUT2D eigenvalue weighted by molar-refractivity contribution is 6.42. The van der Waals surface area contributed by atoms with E-state index in [0.29, 0.717) is 40.4 Å². The second kappa shape index (κ2) is 7.34. The molecule has 1 saturated heterocycles. The van der Waals surface area contributed by atoms with Gasteiger partial charge < -0.3 is 14.4 Å². The minimum absolute atomic E-state index is 0.0776. The Morgan fingerprint density at radius 1 is 1.33 bits per heavy atom. The Morgan fingerprint density at radius 2 is 2.05 bits per heavy atom. The van der Waals surface area contributed by atoms with Crippen LogP contribution in [0, 0.1) is 5.92 Å². The van der Waals surface area contributed by atoms with Gasteiger partial charge in [0.1, 0.15) is 5.75 Å². The molecule has 1 amide bonds. The number of hydrogen-bond acceptors (Lipinski definition) is 3. The Kier molecular flexibility index (Phi) is 5.73. The standard InChI is InChI=1S/C15H19Cl2NO3/c1-20-9-10-4-3-5-18(8-10)15(19)11-6-12(16)13(17)7-14(11)21-2/h6-7,10H,3-5,8-9H2,1-2H3/t10-/m1/s1. The average Bonchev–Trinajstić information content (AvgIpc) is 2.49. The van der Waals surface area contributed by atoms with Crippen molar-refractivity contribution in [2.75, 3.05) is 33.9 Å². The van der Waals surface area contributed by atoms with E-state index >= 15 is 0 Å². The van der Waals surface area contributed by atoms with Crippen LogP contribution in [0.5, 0.6) is 5.75 Å². The third-order valence-corrected chi connectivity index (χ3v) is 4.40. The zero-order chi connectivity index (χ0) is 15.4. The lowest BCUT2D eigenvalue weighted by Crippen LogP contribution is -2.41. The average molecular weight is 332 g/mol. The van der Waals surface area contributed by atoms with Crippen LogP contribution in [0.25, 0.3) is 0 Å². The van der Waals surface area contributed by atoms with E-state index in [1.54, 1.807) is 19.2 Å². The van der Waals surface area contributed by atoms with Crippen LogP contribution in [0.15, 0.2) is 12.1 Å². The van der Waals surface area contributed by atoms with Gasteiger partial charge in [-0.25, -0.2) is 0 Å². The van der Waals surface area contributed by atoms with Crippen LogP contribution in [0.3, 0.4) is 0 Å². The molecule has 1 aromatic carbocycles. The van der Waals surface area contributed by atoms with Crippen LogP contribution < -0.4 is 4.74 Å². The Morgan fingerprint density at radius 3 is 2.71 bits per heavy atom. The smallest absolute Gasteiger partial charge is 0.257 e. The van der Waals surface area contributed by atoms with Gasteiger partial charge in [0.2, 0.25) is 0 Å². The van der Waals surface area contributed by atoms with E-state index in [0.717, 1.165) is 19.4 Å². The quantitative estimate of drug-likeness (QED) is 0.847. The summed E-state index contributed by atoms with van der Waals surface area (Å²) in [6, 6.07) is 3.15. The van der Waals surface area contributed by atoms with Crippen molar-refractivity contribution in [2.24, 2.45) is 5.92 Å². The summed E-state index contributed by atoms with van der Waals surface area (Å²) >= 11 is 12.0. The van der Waals surface area contributed by atoms with E-state index in [4.69, 9.17) is 32.7 Å². The second-order valence-electron chi connectivity index (χ2n) is 5.18. The fraction of sp³-hybridized carbons (Fsp3) is 0.533. The lowest BCUT2D eigenvalue weighted by Gasteiger charge is -2.32. The van der Waals surface area contributed by atoms with Crippen LogP contribution in [0.2, 0.25) is 10.0 Å². The van der Waals surface area contributed by atoms with Crippen LogP contribution in [-0.4, -0.2) is 44.7 Å². The molecule has 0 aromatic heterocycles. The first kappa shape index (κ1) is 16.4. The predicted molar refractivity (Wildman–Crippen MR) is 83.5 cm³/mol. The number of likely N-dealkylation sites (tertiary alicyclic amines) is 1. The van der Waals surface area contributed by atoms with Crippen LogP contribution in [0.1, 0.15) is 23.2 Å². The second-order valence-corrected chi connectivity index (χ2v) is 6.00.